The molecule has 0 atom stereocenters. The smallest absolute Gasteiger partial charge is 0.416 e. The number of benzene rings is 1. The second kappa shape index (κ2) is 9.67. The molecule has 156 valence electrons. The standard InChI is InChI=1S/C19H19F3N2O5/c1-13(27-2)17(18(25)26)24-8-4-6-15(24)12-23-29-10-9-28-16-7-3-5-14(11-16)19(20,21)22/h3-8,11-12H,9-10H2,1-2H3,(H,25,26)/p-1/b17-13-,23-12?. The van der Waals surface area contributed by atoms with Crippen LogP contribution < -0.4 is 9.84 Å². The Labute approximate surface area is 164 Å². The minimum absolute atomic E-state index is 0.0340. The summed E-state index contributed by atoms with van der Waals surface area (Å²) < 4.78 is 49.4. The van der Waals surface area contributed by atoms with Crippen LogP contribution in [0, 0.1) is 0 Å². The Bertz CT molecular complexity index is 903. The molecule has 0 amide bonds. The average Bonchev–Trinajstić information content (AvgIpc) is 3.11. The second-order valence-corrected chi connectivity index (χ2v) is 5.64. The fourth-order valence-electron chi connectivity index (χ4n) is 2.31. The number of nitrogens with zero attached hydrogens (tertiary/aromatic N) is 2. The highest BCUT2D eigenvalue weighted by Crippen LogP contribution is 2.31. The molecule has 0 radical (unpaired) electrons. The van der Waals surface area contributed by atoms with Crippen LogP contribution in [0.5, 0.6) is 5.75 Å². The Morgan fingerprint density at radius 2 is 2.00 bits per heavy atom. The lowest BCUT2D eigenvalue weighted by molar-refractivity contribution is -0.296. The Kier molecular flexibility index (Phi) is 7.29. The summed E-state index contributed by atoms with van der Waals surface area (Å²) in [5.41, 5.74) is -0.607. The number of carboxylic acids is 1. The highest BCUT2D eigenvalue weighted by atomic mass is 19.4. The van der Waals surface area contributed by atoms with E-state index in [1.807, 2.05) is 0 Å². The van der Waals surface area contributed by atoms with Crippen LogP contribution in [0.1, 0.15) is 18.2 Å². The molecular formula is C19H18F3N2O5-. The van der Waals surface area contributed by atoms with Gasteiger partial charge in [0, 0.05) is 6.20 Å². The van der Waals surface area contributed by atoms with Gasteiger partial charge >= 0.3 is 6.18 Å². The molecule has 10 heteroatoms. The molecule has 0 aliphatic heterocycles. The van der Waals surface area contributed by atoms with Crippen molar-refractivity contribution in [1.29, 1.82) is 0 Å². The number of aliphatic carboxylic acids is 1. The van der Waals surface area contributed by atoms with Crippen LogP contribution in [0.2, 0.25) is 0 Å². The summed E-state index contributed by atoms with van der Waals surface area (Å²) in [6, 6.07) is 7.68. The second-order valence-electron chi connectivity index (χ2n) is 5.64. The zero-order valence-corrected chi connectivity index (χ0v) is 15.6. The molecule has 0 bridgehead atoms. The van der Waals surface area contributed by atoms with Crippen molar-refractivity contribution in [1.82, 2.24) is 4.57 Å². The zero-order chi connectivity index (χ0) is 21.4. The van der Waals surface area contributed by atoms with Crippen LogP contribution in [0.3, 0.4) is 0 Å². The van der Waals surface area contributed by atoms with Gasteiger partial charge < -0.3 is 28.8 Å². The molecule has 0 saturated heterocycles. The van der Waals surface area contributed by atoms with Crippen LogP contribution in [0.15, 0.2) is 53.5 Å². The van der Waals surface area contributed by atoms with Crippen LogP contribution in [0.25, 0.3) is 5.70 Å². The number of carboxylic acid groups (broad SMARTS) is 1. The van der Waals surface area contributed by atoms with E-state index >= 15 is 0 Å². The maximum Gasteiger partial charge on any atom is 0.416 e. The molecule has 1 aromatic heterocycles. The summed E-state index contributed by atoms with van der Waals surface area (Å²) in [5, 5.41) is 15.1. The van der Waals surface area contributed by atoms with Crippen molar-refractivity contribution in [3.8, 4) is 5.75 Å². The predicted molar refractivity (Wildman–Crippen MR) is 95.8 cm³/mol. The number of alkyl halides is 3. The molecule has 0 spiro atoms. The molecule has 0 saturated carbocycles. The number of hydrogen-bond donors (Lipinski definition) is 0. The number of aromatic nitrogens is 1. The van der Waals surface area contributed by atoms with E-state index in [0.717, 1.165) is 12.1 Å². The highest BCUT2D eigenvalue weighted by Gasteiger charge is 2.30. The van der Waals surface area contributed by atoms with Gasteiger partial charge in [-0.3, -0.25) is 0 Å². The van der Waals surface area contributed by atoms with E-state index in [2.05, 4.69) is 5.16 Å². The molecule has 0 aliphatic carbocycles. The predicted octanol–water partition coefficient (Wildman–Crippen LogP) is 2.52. The average molecular weight is 411 g/mol. The number of oxime groups is 1. The number of carbonyl (C=O) groups is 1. The van der Waals surface area contributed by atoms with Crippen LogP contribution >= 0.6 is 0 Å². The van der Waals surface area contributed by atoms with E-state index in [1.165, 1.54) is 43.1 Å². The van der Waals surface area contributed by atoms with Gasteiger partial charge in [-0.25, -0.2) is 0 Å². The van der Waals surface area contributed by atoms with E-state index < -0.39 is 17.7 Å². The number of hydrogen-bond acceptors (Lipinski definition) is 6. The number of allylic oxidation sites excluding steroid dienone is 1. The Morgan fingerprint density at radius 3 is 2.66 bits per heavy atom. The van der Waals surface area contributed by atoms with Gasteiger partial charge in [-0.1, -0.05) is 11.2 Å². The summed E-state index contributed by atoms with van der Waals surface area (Å²) in [6.07, 6.45) is -1.68. The van der Waals surface area contributed by atoms with Gasteiger partial charge in [0.1, 0.15) is 23.8 Å². The van der Waals surface area contributed by atoms with Gasteiger partial charge in [0.15, 0.2) is 6.61 Å². The first-order valence-corrected chi connectivity index (χ1v) is 8.33. The van der Waals surface area contributed by atoms with Crippen molar-refractivity contribution in [2.24, 2.45) is 5.16 Å². The molecule has 2 aromatic rings. The maximum absolute atomic E-state index is 12.6. The molecule has 29 heavy (non-hydrogen) atoms. The lowest BCUT2D eigenvalue weighted by Crippen LogP contribution is -2.28. The van der Waals surface area contributed by atoms with Crippen molar-refractivity contribution in [2.75, 3.05) is 20.3 Å². The Hall–Kier alpha value is -3.43. The minimum atomic E-state index is -4.45. The molecular weight excluding hydrogens is 393 g/mol. The first-order chi connectivity index (χ1) is 13.7. The fourth-order valence-corrected chi connectivity index (χ4v) is 2.31. The monoisotopic (exact) mass is 411 g/mol. The van der Waals surface area contributed by atoms with Gasteiger partial charge in [0.25, 0.3) is 0 Å². The quantitative estimate of drug-likeness (QED) is 0.208. The zero-order valence-electron chi connectivity index (χ0n) is 15.6. The van der Waals surface area contributed by atoms with E-state index in [1.54, 1.807) is 12.1 Å². The summed E-state index contributed by atoms with van der Waals surface area (Å²) in [5.74, 6) is -1.23. The number of carbonyl (C=O) groups excluding carboxylic acids is 1. The van der Waals surface area contributed by atoms with E-state index in [-0.39, 0.29) is 30.4 Å². The maximum atomic E-state index is 12.6. The third-order valence-corrected chi connectivity index (χ3v) is 3.72. The van der Waals surface area contributed by atoms with Crippen molar-refractivity contribution in [2.45, 2.75) is 13.1 Å². The highest BCUT2D eigenvalue weighted by molar-refractivity contribution is 6.09. The summed E-state index contributed by atoms with van der Waals surface area (Å²) in [6.45, 7) is 1.41. The number of methoxy groups -OCH3 is 1. The molecule has 0 fully saturated rings. The lowest BCUT2D eigenvalue weighted by atomic mass is 10.2. The Balaban J connectivity index is 1.91. The molecule has 7 nitrogen and oxygen atoms in total. The summed E-state index contributed by atoms with van der Waals surface area (Å²) >= 11 is 0. The molecule has 2 rings (SSSR count). The minimum Gasteiger partial charge on any atom is -0.543 e. The SMILES string of the molecule is CO/C(C)=C(/C(=O)[O-])n1cccc1C=NOCCOc1cccc(C(F)(F)F)c1. The van der Waals surface area contributed by atoms with Crippen molar-refractivity contribution in [3.05, 3.63) is 59.6 Å². The van der Waals surface area contributed by atoms with Gasteiger partial charge in [-0.2, -0.15) is 13.2 Å². The molecule has 1 heterocycles. The summed E-state index contributed by atoms with van der Waals surface area (Å²) in [4.78, 5) is 16.4. The van der Waals surface area contributed by atoms with Gasteiger partial charge in [-0.15, -0.1) is 0 Å². The van der Waals surface area contributed by atoms with Gasteiger partial charge in [-0.05, 0) is 37.3 Å². The van der Waals surface area contributed by atoms with Crippen molar-refractivity contribution in [3.63, 3.8) is 0 Å². The van der Waals surface area contributed by atoms with Gasteiger partial charge in [0.2, 0.25) is 0 Å². The first-order valence-electron chi connectivity index (χ1n) is 8.33. The Morgan fingerprint density at radius 1 is 1.24 bits per heavy atom. The van der Waals surface area contributed by atoms with Crippen molar-refractivity contribution < 1.29 is 37.4 Å². The molecule has 0 unspecified atom stereocenters. The topological polar surface area (TPSA) is 85.1 Å². The van der Waals surface area contributed by atoms with Crippen LogP contribution in [-0.4, -0.2) is 37.1 Å². The van der Waals surface area contributed by atoms with Crippen LogP contribution in [-0.2, 0) is 20.5 Å². The number of rotatable bonds is 9. The largest absolute Gasteiger partial charge is 0.543 e. The lowest BCUT2D eigenvalue weighted by Gasteiger charge is -2.15. The fraction of sp³-hybridized carbons (Fsp3) is 0.263. The van der Waals surface area contributed by atoms with Gasteiger partial charge in [0.05, 0.1) is 30.6 Å². The van der Waals surface area contributed by atoms with E-state index in [4.69, 9.17) is 14.3 Å². The molecule has 1 aromatic carbocycles. The van der Waals surface area contributed by atoms with E-state index in [9.17, 15) is 23.1 Å². The molecule has 0 aliphatic rings. The normalized spacial score (nSPS) is 12.6. The van der Waals surface area contributed by atoms with E-state index in [0.29, 0.717) is 5.69 Å². The van der Waals surface area contributed by atoms with Crippen LogP contribution in [0.4, 0.5) is 13.2 Å². The third-order valence-electron chi connectivity index (χ3n) is 3.72. The first kappa shape index (κ1) is 21.9. The van der Waals surface area contributed by atoms with Crippen molar-refractivity contribution >= 4 is 17.9 Å². The molecule has 0 N–H and O–H groups in total. The third kappa shape index (κ3) is 6.03. The summed E-state index contributed by atoms with van der Waals surface area (Å²) in [7, 11) is 1.34. The number of ether oxygens (including phenoxy) is 2. The number of halogens is 3.